The number of nitrogens with one attached hydrogen (secondary N) is 1. The zero-order chi connectivity index (χ0) is 16.8. The lowest BCUT2D eigenvalue weighted by Crippen LogP contribution is -2.33. The van der Waals surface area contributed by atoms with Crippen molar-refractivity contribution in [3.63, 3.8) is 0 Å². The predicted molar refractivity (Wildman–Crippen MR) is 89.7 cm³/mol. The van der Waals surface area contributed by atoms with Crippen LogP contribution in [-0.2, 0) is 16.0 Å². The largest absolute Gasteiger partial charge is 0.479 e. The molecule has 2 aromatic rings. The van der Waals surface area contributed by atoms with Gasteiger partial charge < -0.3 is 10.4 Å². The van der Waals surface area contributed by atoms with E-state index in [1.807, 2.05) is 0 Å². The van der Waals surface area contributed by atoms with Crippen LogP contribution in [0.3, 0.4) is 0 Å². The van der Waals surface area contributed by atoms with Crippen LogP contribution < -0.4 is 5.32 Å². The molecule has 0 heterocycles. The van der Waals surface area contributed by atoms with Gasteiger partial charge in [-0.15, -0.1) is 0 Å². The minimum absolute atomic E-state index is 0.161. The minimum atomic E-state index is -1.10. The van der Waals surface area contributed by atoms with Crippen molar-refractivity contribution in [3.05, 3.63) is 69.7 Å². The van der Waals surface area contributed by atoms with Crippen LogP contribution in [0.2, 0.25) is 10.0 Å². The fraction of sp³-hybridized carbons (Fsp3) is 0.176. The second kappa shape index (κ2) is 7.99. The van der Waals surface area contributed by atoms with Crippen LogP contribution >= 0.6 is 23.2 Å². The number of amides is 1. The normalized spacial score (nSPS) is 11.7. The fourth-order valence-corrected chi connectivity index (χ4v) is 2.44. The Balaban J connectivity index is 1.97. The van der Waals surface area contributed by atoms with E-state index in [-0.39, 0.29) is 12.3 Å². The van der Waals surface area contributed by atoms with Crippen LogP contribution in [0, 0.1) is 0 Å². The van der Waals surface area contributed by atoms with Crippen molar-refractivity contribution in [1.82, 2.24) is 5.32 Å². The standard InChI is InChI=1S/C17H15Cl2NO3/c18-13-8-6-11(10-14(13)19)7-9-15(21)20-16(17(22)23)12-4-2-1-3-5-12/h1-6,8,10,16H,7,9H2,(H,20,21)(H,22,23). The highest BCUT2D eigenvalue weighted by molar-refractivity contribution is 6.42. The molecule has 0 radical (unpaired) electrons. The molecule has 2 N–H and O–H groups in total. The first-order valence-electron chi connectivity index (χ1n) is 6.98. The number of hydrogen-bond donors (Lipinski definition) is 2. The van der Waals surface area contributed by atoms with E-state index in [0.29, 0.717) is 22.0 Å². The van der Waals surface area contributed by atoms with Crippen molar-refractivity contribution >= 4 is 35.1 Å². The quantitative estimate of drug-likeness (QED) is 0.829. The van der Waals surface area contributed by atoms with Crippen LogP contribution in [0.15, 0.2) is 48.5 Å². The maximum Gasteiger partial charge on any atom is 0.330 e. The SMILES string of the molecule is O=C(CCc1ccc(Cl)c(Cl)c1)NC(C(=O)O)c1ccccc1. The summed E-state index contributed by atoms with van der Waals surface area (Å²) >= 11 is 11.8. The van der Waals surface area contributed by atoms with Gasteiger partial charge in [-0.25, -0.2) is 4.79 Å². The number of halogens is 2. The van der Waals surface area contributed by atoms with E-state index in [1.54, 1.807) is 48.5 Å². The number of aliphatic carboxylic acids is 1. The van der Waals surface area contributed by atoms with Gasteiger partial charge in [-0.1, -0.05) is 59.6 Å². The number of rotatable bonds is 6. The summed E-state index contributed by atoms with van der Waals surface area (Å²) < 4.78 is 0. The van der Waals surface area contributed by atoms with E-state index >= 15 is 0 Å². The lowest BCUT2D eigenvalue weighted by Gasteiger charge is -2.15. The molecule has 0 fully saturated rings. The van der Waals surface area contributed by atoms with Crippen molar-refractivity contribution in [2.45, 2.75) is 18.9 Å². The average Bonchev–Trinajstić information content (AvgIpc) is 2.54. The third-order valence-corrected chi connectivity index (χ3v) is 4.05. The van der Waals surface area contributed by atoms with E-state index in [4.69, 9.17) is 23.2 Å². The van der Waals surface area contributed by atoms with Gasteiger partial charge in [-0.3, -0.25) is 4.79 Å². The molecule has 2 aromatic carbocycles. The molecule has 0 aromatic heterocycles. The van der Waals surface area contributed by atoms with Gasteiger partial charge in [0.15, 0.2) is 6.04 Å². The molecule has 120 valence electrons. The van der Waals surface area contributed by atoms with Gasteiger partial charge in [-0.05, 0) is 29.7 Å². The highest BCUT2D eigenvalue weighted by Gasteiger charge is 2.21. The monoisotopic (exact) mass is 351 g/mol. The number of carbonyl (C=O) groups is 2. The fourth-order valence-electron chi connectivity index (χ4n) is 2.12. The van der Waals surface area contributed by atoms with E-state index in [1.165, 1.54) is 0 Å². The van der Waals surface area contributed by atoms with Crippen molar-refractivity contribution in [1.29, 1.82) is 0 Å². The maximum absolute atomic E-state index is 12.0. The first-order chi connectivity index (χ1) is 11.0. The van der Waals surface area contributed by atoms with Gasteiger partial charge >= 0.3 is 5.97 Å². The smallest absolute Gasteiger partial charge is 0.330 e. The Labute approximate surface area is 144 Å². The van der Waals surface area contributed by atoms with E-state index < -0.39 is 12.0 Å². The van der Waals surface area contributed by atoms with Crippen LogP contribution in [0.1, 0.15) is 23.6 Å². The van der Waals surface area contributed by atoms with Crippen molar-refractivity contribution in [2.24, 2.45) is 0 Å². The summed E-state index contributed by atoms with van der Waals surface area (Å²) in [6.07, 6.45) is 0.610. The molecule has 0 saturated carbocycles. The molecular weight excluding hydrogens is 337 g/mol. The van der Waals surface area contributed by atoms with E-state index in [9.17, 15) is 14.7 Å². The first-order valence-corrected chi connectivity index (χ1v) is 7.74. The molecule has 0 spiro atoms. The highest BCUT2D eigenvalue weighted by Crippen LogP contribution is 2.23. The van der Waals surface area contributed by atoms with Crippen LogP contribution in [0.5, 0.6) is 0 Å². The molecule has 0 aliphatic heterocycles. The zero-order valence-corrected chi connectivity index (χ0v) is 13.6. The second-order valence-electron chi connectivity index (χ2n) is 5.00. The van der Waals surface area contributed by atoms with Gasteiger partial charge in [0.1, 0.15) is 0 Å². The van der Waals surface area contributed by atoms with Crippen molar-refractivity contribution in [3.8, 4) is 0 Å². The molecule has 2 rings (SSSR count). The number of benzene rings is 2. The number of carbonyl (C=O) groups excluding carboxylic acids is 1. The van der Waals surface area contributed by atoms with Crippen LogP contribution in [0.4, 0.5) is 0 Å². The zero-order valence-electron chi connectivity index (χ0n) is 12.1. The van der Waals surface area contributed by atoms with Gasteiger partial charge in [0.2, 0.25) is 5.91 Å². The summed E-state index contributed by atoms with van der Waals surface area (Å²) in [5.74, 6) is -1.44. The minimum Gasteiger partial charge on any atom is -0.479 e. The van der Waals surface area contributed by atoms with E-state index in [2.05, 4.69) is 5.32 Å². The Morgan fingerprint density at radius 1 is 1.04 bits per heavy atom. The molecule has 1 amide bonds. The summed E-state index contributed by atoms with van der Waals surface area (Å²) in [4.78, 5) is 23.4. The molecule has 1 atom stereocenters. The highest BCUT2D eigenvalue weighted by atomic mass is 35.5. The lowest BCUT2D eigenvalue weighted by atomic mass is 10.1. The topological polar surface area (TPSA) is 66.4 Å². The Hall–Kier alpha value is -2.04. The molecule has 0 aliphatic rings. The molecule has 0 aliphatic carbocycles. The van der Waals surface area contributed by atoms with Crippen LogP contribution in [-0.4, -0.2) is 17.0 Å². The number of aryl methyl sites for hydroxylation is 1. The Morgan fingerprint density at radius 2 is 1.74 bits per heavy atom. The van der Waals surface area contributed by atoms with Gasteiger partial charge in [0.25, 0.3) is 0 Å². The van der Waals surface area contributed by atoms with Gasteiger partial charge in [0, 0.05) is 6.42 Å². The summed E-state index contributed by atoms with van der Waals surface area (Å²) in [7, 11) is 0. The van der Waals surface area contributed by atoms with Gasteiger partial charge in [-0.2, -0.15) is 0 Å². The molecule has 0 bridgehead atoms. The molecule has 6 heteroatoms. The Morgan fingerprint density at radius 3 is 2.35 bits per heavy atom. The Bertz CT molecular complexity index is 704. The van der Waals surface area contributed by atoms with Crippen molar-refractivity contribution < 1.29 is 14.7 Å². The second-order valence-corrected chi connectivity index (χ2v) is 5.81. The molecular formula is C17H15Cl2NO3. The summed E-state index contributed by atoms with van der Waals surface area (Å²) in [6.45, 7) is 0. The van der Waals surface area contributed by atoms with Gasteiger partial charge in [0.05, 0.1) is 10.0 Å². The summed E-state index contributed by atoms with van der Waals surface area (Å²) in [5, 5.41) is 12.7. The maximum atomic E-state index is 12.0. The molecule has 23 heavy (non-hydrogen) atoms. The summed E-state index contributed by atoms with van der Waals surface area (Å²) in [6, 6.07) is 12.7. The lowest BCUT2D eigenvalue weighted by molar-refractivity contribution is -0.142. The molecule has 1 unspecified atom stereocenters. The number of hydrogen-bond acceptors (Lipinski definition) is 2. The predicted octanol–water partition coefficient (Wildman–Crippen LogP) is 3.87. The first kappa shape index (κ1) is 17.3. The number of carboxylic acid groups (broad SMARTS) is 1. The third-order valence-electron chi connectivity index (χ3n) is 3.31. The van der Waals surface area contributed by atoms with E-state index in [0.717, 1.165) is 5.56 Å². The van der Waals surface area contributed by atoms with Crippen LogP contribution in [0.25, 0.3) is 0 Å². The average molecular weight is 352 g/mol. The summed E-state index contributed by atoms with van der Waals surface area (Å²) in [5.41, 5.74) is 1.39. The number of carboxylic acids is 1. The molecule has 4 nitrogen and oxygen atoms in total. The molecule has 0 saturated heterocycles. The Kier molecular flexibility index (Phi) is 6.02. The third kappa shape index (κ3) is 4.98. The van der Waals surface area contributed by atoms with Crippen molar-refractivity contribution in [2.75, 3.05) is 0 Å².